The van der Waals surface area contributed by atoms with Crippen molar-refractivity contribution in [2.24, 2.45) is 0 Å². The number of aromatic nitrogens is 3. The summed E-state index contributed by atoms with van der Waals surface area (Å²) in [5.74, 6) is 2.36. The van der Waals surface area contributed by atoms with Crippen LogP contribution < -0.4 is 14.8 Å². The molecule has 0 radical (unpaired) electrons. The Labute approximate surface area is 159 Å². The van der Waals surface area contributed by atoms with Crippen LogP contribution in [0.15, 0.2) is 46.8 Å². The van der Waals surface area contributed by atoms with Gasteiger partial charge < -0.3 is 19.8 Å². The van der Waals surface area contributed by atoms with Crippen molar-refractivity contribution in [3.63, 3.8) is 0 Å². The number of hydrogen-bond donors (Lipinski definition) is 2. The molecule has 4 rings (SSSR count). The number of nitrogens with one attached hydrogen (secondary N) is 2. The molecule has 1 fully saturated rings. The molecule has 2 N–H and O–H groups in total. The van der Waals surface area contributed by atoms with Gasteiger partial charge in [-0.2, -0.15) is 0 Å². The second kappa shape index (κ2) is 7.37. The van der Waals surface area contributed by atoms with E-state index in [9.17, 15) is 0 Å². The van der Waals surface area contributed by atoms with Crippen molar-refractivity contribution >= 4 is 32.8 Å². The van der Waals surface area contributed by atoms with Crippen LogP contribution in [-0.2, 0) is 6.54 Å². The van der Waals surface area contributed by atoms with E-state index in [2.05, 4.69) is 42.3 Å². The molecule has 1 aliphatic carbocycles. The van der Waals surface area contributed by atoms with Gasteiger partial charge in [0.1, 0.15) is 35.9 Å². The highest BCUT2D eigenvalue weighted by Crippen LogP contribution is 2.30. The van der Waals surface area contributed by atoms with Gasteiger partial charge in [0.15, 0.2) is 0 Å². The molecule has 0 bridgehead atoms. The van der Waals surface area contributed by atoms with Crippen LogP contribution in [0.4, 0.5) is 5.82 Å². The largest absolute Gasteiger partial charge is 0.497 e. The van der Waals surface area contributed by atoms with Crippen LogP contribution in [0, 0.1) is 0 Å². The van der Waals surface area contributed by atoms with Gasteiger partial charge in [0.05, 0.1) is 12.5 Å². The average molecular weight is 415 g/mol. The molecule has 1 aromatic carbocycles. The molecule has 7 heteroatoms. The van der Waals surface area contributed by atoms with Gasteiger partial charge in [-0.25, -0.2) is 9.97 Å². The van der Waals surface area contributed by atoms with Gasteiger partial charge in [-0.15, -0.1) is 0 Å². The molecular formula is C19H19BrN4O2. The highest BCUT2D eigenvalue weighted by molar-refractivity contribution is 9.10. The zero-order valence-electron chi connectivity index (χ0n) is 14.4. The molecule has 0 aliphatic heterocycles. The highest BCUT2D eigenvalue weighted by atomic mass is 79.9. The van der Waals surface area contributed by atoms with Crippen LogP contribution in [-0.4, -0.2) is 28.7 Å². The summed E-state index contributed by atoms with van der Waals surface area (Å²) in [6.07, 6.45) is 7.95. The predicted molar refractivity (Wildman–Crippen MR) is 105 cm³/mol. The van der Waals surface area contributed by atoms with Crippen molar-refractivity contribution < 1.29 is 9.47 Å². The maximum absolute atomic E-state index is 5.97. The molecule has 0 unspecified atom stereocenters. The third-order valence-electron chi connectivity index (χ3n) is 4.29. The Bertz CT molecular complexity index is 961. The van der Waals surface area contributed by atoms with Crippen molar-refractivity contribution in [3.8, 4) is 11.5 Å². The van der Waals surface area contributed by atoms with Crippen molar-refractivity contribution in [2.75, 3.05) is 19.0 Å². The summed E-state index contributed by atoms with van der Waals surface area (Å²) in [5.41, 5.74) is 3.29. The summed E-state index contributed by atoms with van der Waals surface area (Å²) in [6, 6.07) is 5.87. The van der Waals surface area contributed by atoms with Gasteiger partial charge in [-0.3, -0.25) is 0 Å². The number of rotatable bonds is 7. The molecule has 3 aromatic rings. The van der Waals surface area contributed by atoms with E-state index in [0.717, 1.165) is 38.4 Å². The number of ether oxygens (including phenoxy) is 2. The minimum absolute atomic E-state index is 0.580. The van der Waals surface area contributed by atoms with Gasteiger partial charge >= 0.3 is 0 Å². The number of benzene rings is 1. The van der Waals surface area contributed by atoms with Crippen LogP contribution in [0.2, 0.25) is 0 Å². The van der Waals surface area contributed by atoms with Gasteiger partial charge in [0.2, 0.25) is 0 Å². The fourth-order valence-electron chi connectivity index (χ4n) is 2.71. The van der Waals surface area contributed by atoms with Crippen molar-refractivity contribution in [1.82, 2.24) is 15.0 Å². The SMILES string of the molecule is COc1ccc(CNc2ncnc3[nH]cc(Br)c23)c(OCC=C2CC2)c1. The number of anilines is 1. The fraction of sp³-hybridized carbons (Fsp3) is 0.263. The third-order valence-corrected chi connectivity index (χ3v) is 4.92. The number of allylic oxidation sites excluding steroid dienone is 1. The maximum atomic E-state index is 5.97. The second-order valence-electron chi connectivity index (χ2n) is 6.08. The zero-order chi connectivity index (χ0) is 17.9. The first-order valence-electron chi connectivity index (χ1n) is 8.43. The summed E-state index contributed by atoms with van der Waals surface area (Å²) in [5, 5.41) is 4.32. The lowest BCUT2D eigenvalue weighted by molar-refractivity contribution is 0.353. The Balaban J connectivity index is 1.54. The second-order valence-corrected chi connectivity index (χ2v) is 6.94. The quantitative estimate of drug-likeness (QED) is 0.559. The Morgan fingerprint density at radius 1 is 1.31 bits per heavy atom. The van der Waals surface area contributed by atoms with Crippen LogP contribution in [0.25, 0.3) is 11.0 Å². The third kappa shape index (κ3) is 3.67. The lowest BCUT2D eigenvalue weighted by Gasteiger charge is -2.13. The van der Waals surface area contributed by atoms with Crippen LogP contribution in [0.5, 0.6) is 11.5 Å². The molecule has 0 amide bonds. The summed E-state index contributed by atoms with van der Waals surface area (Å²) >= 11 is 3.53. The van der Waals surface area contributed by atoms with E-state index in [1.54, 1.807) is 13.4 Å². The first-order valence-corrected chi connectivity index (χ1v) is 9.23. The summed E-state index contributed by atoms with van der Waals surface area (Å²) in [4.78, 5) is 11.7. The van der Waals surface area contributed by atoms with Crippen molar-refractivity contribution in [1.29, 1.82) is 0 Å². The molecule has 26 heavy (non-hydrogen) atoms. The molecule has 0 atom stereocenters. The summed E-state index contributed by atoms with van der Waals surface area (Å²) in [7, 11) is 1.66. The number of H-pyrrole nitrogens is 1. The van der Waals surface area contributed by atoms with Crippen molar-refractivity contribution in [2.45, 2.75) is 19.4 Å². The minimum Gasteiger partial charge on any atom is -0.497 e. The Kier molecular flexibility index (Phi) is 4.79. The first kappa shape index (κ1) is 16.9. The first-order chi connectivity index (χ1) is 12.7. The van der Waals surface area contributed by atoms with E-state index in [1.165, 1.54) is 18.4 Å². The zero-order valence-corrected chi connectivity index (χ0v) is 16.0. The number of hydrogen-bond acceptors (Lipinski definition) is 5. The van der Waals surface area contributed by atoms with Gasteiger partial charge in [0.25, 0.3) is 0 Å². The molecular weight excluding hydrogens is 396 g/mol. The summed E-state index contributed by atoms with van der Waals surface area (Å²) < 4.78 is 12.2. The van der Waals surface area contributed by atoms with E-state index >= 15 is 0 Å². The molecule has 0 spiro atoms. The van der Waals surface area contributed by atoms with Gasteiger partial charge in [-0.05, 0) is 47.0 Å². The van der Waals surface area contributed by atoms with E-state index in [1.807, 2.05) is 24.4 Å². The lowest BCUT2D eigenvalue weighted by Crippen LogP contribution is -2.05. The fourth-order valence-corrected chi connectivity index (χ4v) is 3.20. The van der Waals surface area contributed by atoms with Gasteiger partial charge in [0, 0.05) is 28.8 Å². The predicted octanol–water partition coefficient (Wildman–Crippen LogP) is 4.44. The van der Waals surface area contributed by atoms with Gasteiger partial charge in [-0.1, -0.05) is 5.57 Å². The molecule has 6 nitrogen and oxygen atoms in total. The number of fused-ring (bicyclic) bond motifs is 1. The number of halogens is 1. The van der Waals surface area contributed by atoms with Crippen LogP contribution in [0.1, 0.15) is 18.4 Å². The van der Waals surface area contributed by atoms with Crippen LogP contribution >= 0.6 is 15.9 Å². The number of methoxy groups -OCH3 is 1. The lowest BCUT2D eigenvalue weighted by atomic mass is 10.2. The Morgan fingerprint density at radius 2 is 2.19 bits per heavy atom. The molecule has 2 heterocycles. The topological polar surface area (TPSA) is 72.1 Å². The molecule has 0 saturated heterocycles. The number of nitrogens with zero attached hydrogens (tertiary/aromatic N) is 2. The Morgan fingerprint density at radius 3 is 3.00 bits per heavy atom. The summed E-state index contributed by atoms with van der Waals surface area (Å²) in [6.45, 7) is 1.16. The Hall–Kier alpha value is -2.54. The molecule has 1 saturated carbocycles. The molecule has 2 aromatic heterocycles. The smallest absolute Gasteiger partial charge is 0.144 e. The molecule has 1 aliphatic rings. The normalized spacial score (nSPS) is 12.9. The van der Waals surface area contributed by atoms with E-state index in [4.69, 9.17) is 9.47 Å². The van der Waals surface area contributed by atoms with E-state index in [0.29, 0.717) is 13.2 Å². The maximum Gasteiger partial charge on any atom is 0.144 e. The average Bonchev–Trinajstić information content (AvgIpc) is 3.41. The molecule has 134 valence electrons. The number of aromatic amines is 1. The standard InChI is InChI=1S/C19H19BrN4O2/c1-25-14-5-4-13(16(8-14)26-7-6-12-2-3-12)9-21-18-17-15(20)10-22-19(17)24-11-23-18/h4-6,8,10-11H,2-3,7,9H2,1H3,(H2,21,22,23,24). The van der Waals surface area contributed by atoms with Crippen LogP contribution in [0.3, 0.4) is 0 Å². The monoisotopic (exact) mass is 414 g/mol. The van der Waals surface area contributed by atoms with E-state index in [-0.39, 0.29) is 0 Å². The van der Waals surface area contributed by atoms with Crippen molar-refractivity contribution in [3.05, 3.63) is 52.4 Å². The van der Waals surface area contributed by atoms with E-state index < -0.39 is 0 Å². The highest BCUT2D eigenvalue weighted by Gasteiger charge is 2.12. The minimum atomic E-state index is 0.580.